The van der Waals surface area contributed by atoms with Gasteiger partial charge in [-0.05, 0) is 22.9 Å². The Balaban J connectivity index is 2.67. The monoisotopic (exact) mass is 201 g/mol. The number of nitrogens with zero attached hydrogens (tertiary/aromatic N) is 1. The molecule has 0 spiro atoms. The zero-order valence-electron chi connectivity index (χ0n) is 7.71. The Morgan fingerprint density at radius 2 is 1.80 bits per heavy atom. The molecule has 0 aliphatic rings. The molecule has 0 aliphatic heterocycles. The second-order valence-electron chi connectivity index (χ2n) is 3.17. The van der Waals surface area contributed by atoms with E-state index in [9.17, 15) is 14.9 Å². The average Bonchev–Trinajstić information content (AvgIpc) is 2.27. The molecule has 0 radical (unpaired) electrons. The molecule has 0 heterocycles. The van der Waals surface area contributed by atoms with Crippen LogP contribution in [0.2, 0.25) is 0 Å². The molecule has 0 saturated carbocycles. The van der Waals surface area contributed by atoms with Crippen LogP contribution in [0.4, 0.5) is 5.69 Å². The first-order valence-corrected chi connectivity index (χ1v) is 4.34. The summed E-state index contributed by atoms with van der Waals surface area (Å²) in [4.78, 5) is 20.6. The molecule has 0 aliphatic carbocycles. The van der Waals surface area contributed by atoms with E-state index in [2.05, 4.69) is 0 Å². The molecule has 4 heteroatoms. The molecule has 0 N–H and O–H groups in total. The highest BCUT2D eigenvalue weighted by Gasteiger charge is 2.05. The number of rotatable bonds is 2. The van der Waals surface area contributed by atoms with Crippen LogP contribution in [-0.2, 0) is 0 Å². The van der Waals surface area contributed by atoms with Gasteiger partial charge in [-0.1, -0.05) is 12.1 Å². The highest BCUT2D eigenvalue weighted by Crippen LogP contribution is 2.21. The molecule has 4 nitrogen and oxygen atoms in total. The first kappa shape index (κ1) is 9.33. The number of hydrogen-bond donors (Lipinski definition) is 0. The van der Waals surface area contributed by atoms with Crippen LogP contribution in [0.5, 0.6) is 0 Å². The fourth-order valence-electron chi connectivity index (χ4n) is 1.44. The molecule has 0 atom stereocenters. The van der Waals surface area contributed by atoms with Crippen LogP contribution in [0, 0.1) is 10.1 Å². The summed E-state index contributed by atoms with van der Waals surface area (Å²) in [6, 6.07) is 9.66. The first-order valence-electron chi connectivity index (χ1n) is 4.34. The minimum atomic E-state index is -0.451. The van der Waals surface area contributed by atoms with E-state index in [4.69, 9.17) is 0 Å². The Kier molecular flexibility index (Phi) is 2.17. The van der Waals surface area contributed by atoms with Gasteiger partial charge in [-0.2, -0.15) is 0 Å². The fraction of sp³-hybridized carbons (Fsp3) is 0. The van der Waals surface area contributed by atoms with Gasteiger partial charge in [0.05, 0.1) is 4.92 Å². The smallest absolute Gasteiger partial charge is 0.270 e. The van der Waals surface area contributed by atoms with Gasteiger partial charge in [-0.15, -0.1) is 0 Å². The van der Waals surface area contributed by atoms with E-state index < -0.39 is 4.92 Å². The molecule has 0 aromatic heterocycles. The van der Waals surface area contributed by atoms with E-state index in [1.807, 2.05) is 0 Å². The second kappa shape index (κ2) is 3.49. The van der Waals surface area contributed by atoms with E-state index >= 15 is 0 Å². The molecule has 0 amide bonds. The molecule has 0 bridgehead atoms. The zero-order valence-corrected chi connectivity index (χ0v) is 7.71. The summed E-state index contributed by atoms with van der Waals surface area (Å²) in [7, 11) is 0. The van der Waals surface area contributed by atoms with Gasteiger partial charge >= 0.3 is 0 Å². The number of carbonyl (C=O) groups is 1. The predicted octanol–water partition coefficient (Wildman–Crippen LogP) is 2.56. The van der Waals surface area contributed by atoms with Gasteiger partial charge in [0, 0.05) is 17.7 Å². The number of nitro groups is 1. The van der Waals surface area contributed by atoms with E-state index in [1.165, 1.54) is 12.1 Å². The molecular formula is C11H7NO3. The van der Waals surface area contributed by atoms with Crippen LogP contribution in [-0.4, -0.2) is 11.2 Å². The maximum atomic E-state index is 10.5. The molecule has 15 heavy (non-hydrogen) atoms. The second-order valence-corrected chi connectivity index (χ2v) is 3.17. The lowest BCUT2D eigenvalue weighted by molar-refractivity contribution is -0.384. The standard InChI is InChI=1S/C11H7NO3/c13-7-8-1-2-9-3-4-11(12(14)15)6-10(9)5-8/h1-7H. The third kappa shape index (κ3) is 1.69. The van der Waals surface area contributed by atoms with Gasteiger partial charge < -0.3 is 0 Å². The molecule has 74 valence electrons. The van der Waals surface area contributed by atoms with Crippen LogP contribution < -0.4 is 0 Å². The lowest BCUT2D eigenvalue weighted by Gasteiger charge is -1.98. The molecule has 0 fully saturated rings. The van der Waals surface area contributed by atoms with Crippen molar-refractivity contribution in [2.75, 3.05) is 0 Å². The Bertz CT molecular complexity index is 549. The van der Waals surface area contributed by atoms with E-state index in [0.29, 0.717) is 10.9 Å². The van der Waals surface area contributed by atoms with Gasteiger partial charge in [0.2, 0.25) is 0 Å². The van der Waals surface area contributed by atoms with Crippen molar-refractivity contribution in [1.29, 1.82) is 0 Å². The highest BCUT2D eigenvalue weighted by atomic mass is 16.6. The van der Waals surface area contributed by atoms with Crippen molar-refractivity contribution >= 4 is 22.7 Å². The highest BCUT2D eigenvalue weighted by molar-refractivity contribution is 5.90. The number of hydrogen-bond acceptors (Lipinski definition) is 3. The van der Waals surface area contributed by atoms with Crippen molar-refractivity contribution in [3.63, 3.8) is 0 Å². The number of benzene rings is 2. The van der Waals surface area contributed by atoms with Crippen LogP contribution >= 0.6 is 0 Å². The number of carbonyl (C=O) groups excluding carboxylic acids is 1. The van der Waals surface area contributed by atoms with Crippen molar-refractivity contribution in [3.05, 3.63) is 52.1 Å². The maximum Gasteiger partial charge on any atom is 0.270 e. The lowest BCUT2D eigenvalue weighted by atomic mass is 10.1. The summed E-state index contributed by atoms with van der Waals surface area (Å²) < 4.78 is 0. The van der Waals surface area contributed by atoms with E-state index in [-0.39, 0.29) is 5.69 Å². The summed E-state index contributed by atoms with van der Waals surface area (Å²) in [6.07, 6.45) is 0.721. The van der Waals surface area contributed by atoms with E-state index in [1.54, 1.807) is 24.3 Å². The summed E-state index contributed by atoms with van der Waals surface area (Å²) in [5.74, 6) is 0. The van der Waals surface area contributed by atoms with Crippen molar-refractivity contribution in [2.24, 2.45) is 0 Å². The third-order valence-corrected chi connectivity index (χ3v) is 2.19. The Morgan fingerprint density at radius 1 is 1.07 bits per heavy atom. The number of non-ortho nitro benzene ring substituents is 1. The number of fused-ring (bicyclic) bond motifs is 1. The zero-order chi connectivity index (χ0) is 10.8. The molecule has 2 aromatic rings. The molecule has 2 aromatic carbocycles. The molecule has 2 rings (SSSR count). The van der Waals surface area contributed by atoms with Crippen LogP contribution in [0.3, 0.4) is 0 Å². The Labute approximate surface area is 85.3 Å². The maximum absolute atomic E-state index is 10.5. The topological polar surface area (TPSA) is 60.2 Å². The lowest BCUT2D eigenvalue weighted by Crippen LogP contribution is -1.87. The van der Waals surface area contributed by atoms with Crippen LogP contribution in [0.15, 0.2) is 36.4 Å². The van der Waals surface area contributed by atoms with Gasteiger partial charge in [-0.25, -0.2) is 0 Å². The minimum Gasteiger partial charge on any atom is -0.298 e. The Hall–Kier alpha value is -2.23. The molecule has 0 unspecified atom stereocenters. The SMILES string of the molecule is O=Cc1ccc2ccc([N+](=O)[O-])cc2c1. The predicted molar refractivity (Wildman–Crippen MR) is 56.0 cm³/mol. The number of aldehydes is 1. The summed E-state index contributed by atoms with van der Waals surface area (Å²) in [5.41, 5.74) is 0.550. The van der Waals surface area contributed by atoms with Crippen LogP contribution in [0.1, 0.15) is 10.4 Å². The average molecular weight is 201 g/mol. The van der Waals surface area contributed by atoms with Gasteiger partial charge in [0.1, 0.15) is 6.29 Å². The molecular weight excluding hydrogens is 194 g/mol. The summed E-state index contributed by atoms with van der Waals surface area (Å²) >= 11 is 0. The van der Waals surface area contributed by atoms with Crippen molar-refractivity contribution in [2.45, 2.75) is 0 Å². The third-order valence-electron chi connectivity index (χ3n) is 2.19. The number of nitro benzene ring substituents is 1. The first-order chi connectivity index (χ1) is 7.20. The Morgan fingerprint density at radius 3 is 2.47 bits per heavy atom. The van der Waals surface area contributed by atoms with Gasteiger partial charge in [0.15, 0.2) is 0 Å². The normalized spacial score (nSPS) is 10.1. The van der Waals surface area contributed by atoms with Crippen molar-refractivity contribution < 1.29 is 9.72 Å². The van der Waals surface area contributed by atoms with Crippen molar-refractivity contribution in [3.8, 4) is 0 Å². The van der Waals surface area contributed by atoms with Crippen molar-refractivity contribution in [1.82, 2.24) is 0 Å². The largest absolute Gasteiger partial charge is 0.298 e. The summed E-state index contributed by atoms with van der Waals surface area (Å²) in [6.45, 7) is 0. The van der Waals surface area contributed by atoms with Crippen LogP contribution in [0.25, 0.3) is 10.8 Å². The van der Waals surface area contributed by atoms with Gasteiger partial charge in [0.25, 0.3) is 5.69 Å². The summed E-state index contributed by atoms with van der Waals surface area (Å²) in [5, 5.41) is 12.1. The van der Waals surface area contributed by atoms with E-state index in [0.717, 1.165) is 11.7 Å². The molecule has 0 saturated heterocycles. The van der Waals surface area contributed by atoms with Gasteiger partial charge in [-0.3, -0.25) is 14.9 Å². The fourth-order valence-corrected chi connectivity index (χ4v) is 1.44. The quantitative estimate of drug-likeness (QED) is 0.426. The minimum absolute atomic E-state index is 0.0329.